The summed E-state index contributed by atoms with van der Waals surface area (Å²) in [5.41, 5.74) is 3.63. The lowest BCUT2D eigenvalue weighted by molar-refractivity contribution is -0.120. The molecule has 128 valence electrons. The average Bonchev–Trinajstić information content (AvgIpc) is 2.56. The average molecular weight is 379 g/mol. The summed E-state index contributed by atoms with van der Waals surface area (Å²) in [6.45, 7) is 0.0479. The quantitative estimate of drug-likeness (QED) is 0.471. The molecular weight excluding hydrogens is 366 g/mol. The van der Waals surface area contributed by atoms with E-state index >= 15 is 0 Å². The monoisotopic (exact) mass is 378 g/mol. The van der Waals surface area contributed by atoms with Gasteiger partial charge in [0.05, 0.1) is 22.7 Å². The van der Waals surface area contributed by atoms with Gasteiger partial charge in [-0.2, -0.15) is 5.10 Å². The highest BCUT2D eigenvalue weighted by atomic mass is 35.5. The zero-order valence-corrected chi connectivity index (χ0v) is 14.4. The third-order valence-corrected chi connectivity index (χ3v) is 3.56. The number of hydrogen-bond donors (Lipinski definition) is 1. The lowest BCUT2D eigenvalue weighted by atomic mass is 10.1. The van der Waals surface area contributed by atoms with Crippen LogP contribution in [0.3, 0.4) is 0 Å². The molecule has 0 aromatic heterocycles. The molecule has 0 aliphatic carbocycles. The van der Waals surface area contributed by atoms with E-state index in [0.717, 1.165) is 0 Å². The van der Waals surface area contributed by atoms with Gasteiger partial charge in [-0.25, -0.2) is 9.82 Å². The van der Waals surface area contributed by atoms with Crippen molar-refractivity contribution >= 4 is 35.3 Å². The fourth-order valence-electron chi connectivity index (χ4n) is 1.91. The molecule has 1 amide bonds. The van der Waals surface area contributed by atoms with Gasteiger partial charge in [0.2, 0.25) is 5.91 Å². The van der Waals surface area contributed by atoms with Crippen molar-refractivity contribution in [2.75, 3.05) is 6.61 Å². The summed E-state index contributed by atoms with van der Waals surface area (Å²) in [6.07, 6.45) is 6.60. The van der Waals surface area contributed by atoms with Crippen molar-refractivity contribution < 1.29 is 13.9 Å². The molecule has 4 nitrogen and oxygen atoms in total. The number of hydrazone groups is 1. The van der Waals surface area contributed by atoms with Gasteiger partial charge in [0, 0.05) is 0 Å². The molecule has 0 fully saturated rings. The minimum Gasteiger partial charge on any atom is -0.478 e. The summed E-state index contributed by atoms with van der Waals surface area (Å²) in [6, 6.07) is 8.81. The summed E-state index contributed by atoms with van der Waals surface area (Å²) in [5.74, 6) is 1.92. The molecule has 0 heterocycles. The SMILES string of the molecule is C#CCOc1c(Cl)cc(/C=N/NC(=O)Cc2ccc(F)cc2)cc1Cl. The molecule has 0 aliphatic heterocycles. The molecule has 0 spiro atoms. The van der Waals surface area contributed by atoms with Crippen molar-refractivity contribution in [2.45, 2.75) is 6.42 Å². The van der Waals surface area contributed by atoms with Crippen molar-refractivity contribution in [3.63, 3.8) is 0 Å². The molecule has 0 radical (unpaired) electrons. The van der Waals surface area contributed by atoms with Crippen LogP contribution in [0.2, 0.25) is 10.0 Å². The van der Waals surface area contributed by atoms with Crippen LogP contribution in [-0.2, 0) is 11.2 Å². The van der Waals surface area contributed by atoms with Crippen molar-refractivity contribution in [3.05, 3.63) is 63.4 Å². The fraction of sp³-hybridized carbons (Fsp3) is 0.111. The van der Waals surface area contributed by atoms with Crippen LogP contribution in [0.15, 0.2) is 41.5 Å². The molecule has 2 rings (SSSR count). The van der Waals surface area contributed by atoms with Crippen LogP contribution in [0.5, 0.6) is 5.75 Å². The van der Waals surface area contributed by atoms with E-state index in [0.29, 0.717) is 16.9 Å². The van der Waals surface area contributed by atoms with E-state index in [9.17, 15) is 9.18 Å². The molecule has 0 saturated carbocycles. The van der Waals surface area contributed by atoms with Gasteiger partial charge >= 0.3 is 0 Å². The minimum atomic E-state index is -0.356. The minimum absolute atomic E-state index is 0.0479. The fourth-order valence-corrected chi connectivity index (χ4v) is 2.52. The second kappa shape index (κ2) is 9.07. The Morgan fingerprint density at radius 2 is 1.92 bits per heavy atom. The van der Waals surface area contributed by atoms with Crippen molar-refractivity contribution in [1.29, 1.82) is 0 Å². The first-order valence-electron chi connectivity index (χ1n) is 7.11. The van der Waals surface area contributed by atoms with Gasteiger partial charge in [-0.15, -0.1) is 6.42 Å². The number of benzene rings is 2. The molecular formula is C18H13Cl2FN2O2. The molecule has 0 unspecified atom stereocenters. The van der Waals surface area contributed by atoms with Crippen LogP contribution in [0.4, 0.5) is 4.39 Å². The van der Waals surface area contributed by atoms with Crippen LogP contribution in [-0.4, -0.2) is 18.7 Å². The van der Waals surface area contributed by atoms with E-state index in [1.54, 1.807) is 12.1 Å². The van der Waals surface area contributed by atoms with Crippen LogP contribution in [0.25, 0.3) is 0 Å². The molecule has 0 atom stereocenters. The number of carbonyl (C=O) groups excluding carboxylic acids is 1. The predicted molar refractivity (Wildman–Crippen MR) is 96.6 cm³/mol. The topological polar surface area (TPSA) is 50.7 Å². The number of ether oxygens (including phenoxy) is 1. The zero-order valence-electron chi connectivity index (χ0n) is 12.9. The van der Waals surface area contributed by atoms with Crippen LogP contribution in [0.1, 0.15) is 11.1 Å². The van der Waals surface area contributed by atoms with Gasteiger partial charge in [-0.1, -0.05) is 41.3 Å². The van der Waals surface area contributed by atoms with Crippen LogP contribution in [0, 0.1) is 18.2 Å². The van der Waals surface area contributed by atoms with Gasteiger partial charge in [-0.3, -0.25) is 4.79 Å². The van der Waals surface area contributed by atoms with Gasteiger partial charge in [-0.05, 0) is 35.4 Å². The second-order valence-corrected chi connectivity index (χ2v) is 5.72. The Balaban J connectivity index is 1.96. The summed E-state index contributed by atoms with van der Waals surface area (Å²) in [7, 11) is 0. The van der Waals surface area contributed by atoms with Gasteiger partial charge in [0.25, 0.3) is 0 Å². The number of hydrogen-bond acceptors (Lipinski definition) is 3. The molecule has 0 aliphatic rings. The smallest absolute Gasteiger partial charge is 0.244 e. The Hall–Kier alpha value is -2.55. The van der Waals surface area contributed by atoms with E-state index in [1.165, 1.54) is 30.5 Å². The maximum absolute atomic E-state index is 12.8. The highest BCUT2D eigenvalue weighted by molar-refractivity contribution is 6.37. The Labute approximate surface area is 154 Å². The van der Waals surface area contributed by atoms with Crippen LogP contribution >= 0.6 is 23.2 Å². The summed E-state index contributed by atoms with van der Waals surface area (Å²) < 4.78 is 18.1. The van der Waals surface area contributed by atoms with Crippen LogP contribution < -0.4 is 10.2 Å². The van der Waals surface area contributed by atoms with Crippen molar-refractivity contribution in [2.24, 2.45) is 5.10 Å². The first kappa shape index (κ1) is 18.8. The van der Waals surface area contributed by atoms with Gasteiger partial charge in [0.15, 0.2) is 5.75 Å². The standard InChI is InChI=1S/C18H13Cl2FN2O2/c1-2-7-25-18-15(19)8-13(9-16(18)20)11-22-23-17(24)10-12-3-5-14(21)6-4-12/h1,3-6,8-9,11H,7,10H2,(H,23,24)/b22-11+. The summed E-state index contributed by atoms with van der Waals surface area (Å²) >= 11 is 12.1. The normalized spacial score (nSPS) is 10.5. The maximum Gasteiger partial charge on any atom is 0.244 e. The molecule has 0 bridgehead atoms. The molecule has 0 saturated heterocycles. The highest BCUT2D eigenvalue weighted by Gasteiger charge is 2.09. The van der Waals surface area contributed by atoms with Crippen molar-refractivity contribution in [3.8, 4) is 18.1 Å². The van der Waals surface area contributed by atoms with E-state index in [-0.39, 0.29) is 34.8 Å². The number of nitrogens with one attached hydrogen (secondary N) is 1. The highest BCUT2D eigenvalue weighted by Crippen LogP contribution is 2.33. The van der Waals surface area contributed by atoms with E-state index in [2.05, 4.69) is 16.4 Å². The number of rotatable bonds is 6. The van der Waals surface area contributed by atoms with E-state index in [4.69, 9.17) is 34.4 Å². The van der Waals surface area contributed by atoms with Gasteiger partial charge < -0.3 is 4.74 Å². The molecule has 7 heteroatoms. The molecule has 1 N–H and O–H groups in total. The Morgan fingerprint density at radius 3 is 2.52 bits per heavy atom. The molecule has 25 heavy (non-hydrogen) atoms. The Morgan fingerprint density at radius 1 is 1.28 bits per heavy atom. The lowest BCUT2D eigenvalue weighted by Gasteiger charge is -2.08. The number of halogens is 3. The second-order valence-electron chi connectivity index (χ2n) is 4.90. The zero-order chi connectivity index (χ0) is 18.2. The van der Waals surface area contributed by atoms with E-state index < -0.39 is 0 Å². The molecule has 2 aromatic rings. The van der Waals surface area contributed by atoms with Crippen molar-refractivity contribution in [1.82, 2.24) is 5.43 Å². The third kappa shape index (κ3) is 5.79. The Kier molecular flexibility index (Phi) is 6.81. The summed E-state index contributed by atoms with van der Waals surface area (Å²) in [5, 5.41) is 4.40. The largest absolute Gasteiger partial charge is 0.478 e. The van der Waals surface area contributed by atoms with E-state index in [1.807, 2.05) is 0 Å². The summed E-state index contributed by atoms with van der Waals surface area (Å²) in [4.78, 5) is 11.8. The first-order chi connectivity index (χ1) is 12.0. The number of carbonyl (C=O) groups is 1. The number of nitrogens with zero attached hydrogens (tertiary/aromatic N) is 1. The first-order valence-corrected chi connectivity index (χ1v) is 7.87. The van der Waals surface area contributed by atoms with Gasteiger partial charge in [0.1, 0.15) is 12.4 Å². The lowest BCUT2D eigenvalue weighted by Crippen LogP contribution is -2.19. The Bertz CT molecular complexity index is 807. The third-order valence-electron chi connectivity index (χ3n) is 3.00. The number of terminal acetylenes is 1. The molecule has 2 aromatic carbocycles. The maximum atomic E-state index is 12.8. The number of amides is 1. The predicted octanol–water partition coefficient (Wildman–Crippen LogP) is 3.84.